The Bertz CT molecular complexity index is 598. The Hall–Kier alpha value is -1.80. The first-order valence-electron chi connectivity index (χ1n) is 6.37. The minimum absolute atomic E-state index is 0.0479. The smallest absolute Gasteiger partial charge is 0.211 e. The molecule has 20 heavy (non-hydrogen) atoms. The van der Waals surface area contributed by atoms with Crippen molar-refractivity contribution in [3.05, 3.63) is 42.2 Å². The van der Waals surface area contributed by atoms with Gasteiger partial charge in [-0.15, -0.1) is 0 Å². The fourth-order valence-electron chi connectivity index (χ4n) is 1.69. The number of H-pyrrole nitrogens is 1. The summed E-state index contributed by atoms with van der Waals surface area (Å²) in [4.78, 5) is 8.07. The lowest BCUT2D eigenvalue weighted by atomic mass is 10.3. The molecule has 0 aromatic carbocycles. The predicted octanol–water partition coefficient (Wildman–Crippen LogP) is 0.294. The fraction of sp³-hybridized carbons (Fsp3) is 0.417. The highest BCUT2D eigenvalue weighted by Gasteiger charge is 2.10. The monoisotopic (exact) mass is 295 g/mol. The summed E-state index contributed by atoms with van der Waals surface area (Å²) in [5.74, 6) is 0.810. The molecule has 0 spiro atoms. The molecule has 2 rings (SSSR count). The van der Waals surface area contributed by atoms with Gasteiger partial charge in [-0.2, -0.15) is 5.10 Å². The second kappa shape index (κ2) is 7.11. The molecule has 2 aromatic heterocycles. The SMILES string of the molecule is O=S(=O)(CCc1ccccn1)NCCCc1ncn[nH]1. The lowest BCUT2D eigenvalue weighted by Crippen LogP contribution is -2.28. The molecule has 0 atom stereocenters. The van der Waals surface area contributed by atoms with Crippen molar-refractivity contribution in [3.8, 4) is 0 Å². The van der Waals surface area contributed by atoms with Crippen molar-refractivity contribution in [3.63, 3.8) is 0 Å². The van der Waals surface area contributed by atoms with Crippen LogP contribution in [-0.4, -0.2) is 40.9 Å². The zero-order valence-electron chi connectivity index (χ0n) is 11.0. The Morgan fingerprint density at radius 1 is 1.20 bits per heavy atom. The van der Waals surface area contributed by atoms with Crippen LogP contribution in [0.4, 0.5) is 0 Å². The van der Waals surface area contributed by atoms with E-state index in [4.69, 9.17) is 0 Å². The zero-order valence-corrected chi connectivity index (χ0v) is 11.8. The molecule has 0 saturated heterocycles. The Morgan fingerprint density at radius 2 is 2.10 bits per heavy atom. The Labute approximate surface area is 117 Å². The number of hydrogen-bond acceptors (Lipinski definition) is 5. The Kier molecular flexibility index (Phi) is 5.19. The van der Waals surface area contributed by atoms with Gasteiger partial charge in [-0.3, -0.25) is 10.1 Å². The molecule has 0 radical (unpaired) electrons. The van der Waals surface area contributed by atoms with E-state index in [0.29, 0.717) is 25.8 Å². The number of sulfonamides is 1. The summed E-state index contributed by atoms with van der Waals surface area (Å²) < 4.78 is 26.2. The lowest BCUT2D eigenvalue weighted by Gasteiger charge is -2.05. The molecule has 0 aliphatic carbocycles. The standard InChI is InChI=1S/C12H17N5O2S/c18-20(19,9-6-11-4-1-2-7-13-11)16-8-3-5-12-14-10-15-17-12/h1-2,4,7,10,16H,3,5-6,8-9H2,(H,14,15,17). The number of aromatic amines is 1. The van der Waals surface area contributed by atoms with Crippen LogP contribution >= 0.6 is 0 Å². The summed E-state index contributed by atoms with van der Waals surface area (Å²) in [5.41, 5.74) is 0.777. The van der Waals surface area contributed by atoms with Crippen molar-refractivity contribution in [2.75, 3.05) is 12.3 Å². The van der Waals surface area contributed by atoms with Gasteiger partial charge in [-0.05, 0) is 18.6 Å². The van der Waals surface area contributed by atoms with E-state index < -0.39 is 10.0 Å². The molecular formula is C12H17N5O2S. The molecule has 2 aromatic rings. The van der Waals surface area contributed by atoms with E-state index in [1.54, 1.807) is 12.3 Å². The Balaban J connectivity index is 1.68. The van der Waals surface area contributed by atoms with Gasteiger partial charge in [-0.1, -0.05) is 6.07 Å². The van der Waals surface area contributed by atoms with E-state index in [1.807, 2.05) is 12.1 Å². The quantitative estimate of drug-likeness (QED) is 0.682. The minimum atomic E-state index is -3.26. The molecule has 0 aliphatic rings. The number of pyridine rings is 1. The number of aromatic nitrogens is 4. The van der Waals surface area contributed by atoms with Gasteiger partial charge < -0.3 is 0 Å². The average Bonchev–Trinajstić information content (AvgIpc) is 2.96. The van der Waals surface area contributed by atoms with Crippen molar-refractivity contribution >= 4 is 10.0 Å². The van der Waals surface area contributed by atoms with E-state index >= 15 is 0 Å². The van der Waals surface area contributed by atoms with Crippen molar-refractivity contribution in [2.45, 2.75) is 19.3 Å². The summed E-state index contributed by atoms with van der Waals surface area (Å²) in [6.07, 6.45) is 4.86. The lowest BCUT2D eigenvalue weighted by molar-refractivity contribution is 0.577. The molecule has 2 N–H and O–H groups in total. The van der Waals surface area contributed by atoms with Crippen LogP contribution in [0.1, 0.15) is 17.9 Å². The second-order valence-corrected chi connectivity index (χ2v) is 6.25. The molecule has 8 heteroatoms. The van der Waals surface area contributed by atoms with Crippen LogP contribution in [0.2, 0.25) is 0 Å². The summed E-state index contributed by atoms with van der Waals surface area (Å²) in [6.45, 7) is 0.394. The van der Waals surface area contributed by atoms with Gasteiger partial charge in [0.1, 0.15) is 12.2 Å². The van der Waals surface area contributed by atoms with Crippen LogP contribution < -0.4 is 4.72 Å². The maximum absolute atomic E-state index is 11.8. The normalized spacial score (nSPS) is 11.6. The first-order chi connectivity index (χ1) is 9.66. The second-order valence-electron chi connectivity index (χ2n) is 4.32. The third-order valence-electron chi connectivity index (χ3n) is 2.73. The number of aryl methyl sites for hydroxylation is 2. The molecule has 0 fully saturated rings. The maximum Gasteiger partial charge on any atom is 0.211 e. The first kappa shape index (κ1) is 14.6. The highest BCUT2D eigenvalue weighted by Crippen LogP contribution is 1.98. The molecule has 0 bridgehead atoms. The first-order valence-corrected chi connectivity index (χ1v) is 8.02. The van der Waals surface area contributed by atoms with Crippen LogP contribution in [0, 0.1) is 0 Å². The van der Waals surface area contributed by atoms with Crippen LogP contribution in [0.15, 0.2) is 30.7 Å². The van der Waals surface area contributed by atoms with E-state index in [1.165, 1.54) is 6.33 Å². The van der Waals surface area contributed by atoms with E-state index in [2.05, 4.69) is 24.9 Å². The molecule has 108 valence electrons. The highest BCUT2D eigenvalue weighted by atomic mass is 32.2. The van der Waals surface area contributed by atoms with Crippen LogP contribution in [0.3, 0.4) is 0 Å². The van der Waals surface area contributed by atoms with Crippen LogP contribution in [0.5, 0.6) is 0 Å². The van der Waals surface area contributed by atoms with Gasteiger partial charge in [0.05, 0.1) is 5.75 Å². The predicted molar refractivity (Wildman–Crippen MR) is 74.4 cm³/mol. The zero-order chi connectivity index (χ0) is 14.3. The number of hydrogen-bond donors (Lipinski definition) is 2. The minimum Gasteiger partial charge on any atom is -0.263 e. The number of nitrogens with zero attached hydrogens (tertiary/aromatic N) is 3. The van der Waals surface area contributed by atoms with Gasteiger partial charge in [0.2, 0.25) is 10.0 Å². The van der Waals surface area contributed by atoms with Gasteiger partial charge in [0.25, 0.3) is 0 Å². The van der Waals surface area contributed by atoms with Gasteiger partial charge >= 0.3 is 0 Å². The maximum atomic E-state index is 11.8. The molecule has 0 aliphatic heterocycles. The summed E-state index contributed by atoms with van der Waals surface area (Å²) in [7, 11) is -3.26. The molecule has 7 nitrogen and oxygen atoms in total. The third-order valence-corrected chi connectivity index (χ3v) is 4.12. The summed E-state index contributed by atoms with van der Waals surface area (Å²) >= 11 is 0. The summed E-state index contributed by atoms with van der Waals surface area (Å²) in [6, 6.07) is 5.47. The fourth-order valence-corrected chi connectivity index (χ4v) is 2.77. The van der Waals surface area contributed by atoms with Gasteiger partial charge in [0, 0.05) is 31.3 Å². The van der Waals surface area contributed by atoms with E-state index in [-0.39, 0.29) is 5.75 Å². The highest BCUT2D eigenvalue weighted by molar-refractivity contribution is 7.89. The molecule has 0 saturated carbocycles. The van der Waals surface area contributed by atoms with Crippen molar-refractivity contribution in [1.29, 1.82) is 0 Å². The number of rotatable bonds is 8. The van der Waals surface area contributed by atoms with Gasteiger partial charge in [0.15, 0.2) is 0 Å². The van der Waals surface area contributed by atoms with Crippen LogP contribution in [0.25, 0.3) is 0 Å². The number of nitrogens with one attached hydrogen (secondary N) is 2. The summed E-state index contributed by atoms with van der Waals surface area (Å²) in [5, 5.41) is 6.47. The molecule has 0 unspecified atom stereocenters. The Morgan fingerprint density at radius 3 is 2.80 bits per heavy atom. The van der Waals surface area contributed by atoms with E-state index in [9.17, 15) is 8.42 Å². The molecule has 2 heterocycles. The average molecular weight is 295 g/mol. The van der Waals surface area contributed by atoms with Crippen molar-refractivity contribution < 1.29 is 8.42 Å². The third kappa shape index (κ3) is 5.06. The molecular weight excluding hydrogens is 278 g/mol. The molecule has 0 amide bonds. The van der Waals surface area contributed by atoms with E-state index in [0.717, 1.165) is 11.5 Å². The largest absolute Gasteiger partial charge is 0.263 e. The topological polar surface area (TPSA) is 101 Å². The van der Waals surface area contributed by atoms with Gasteiger partial charge in [-0.25, -0.2) is 18.1 Å². The van der Waals surface area contributed by atoms with Crippen molar-refractivity contribution in [1.82, 2.24) is 24.9 Å². The van der Waals surface area contributed by atoms with Crippen molar-refractivity contribution in [2.24, 2.45) is 0 Å². The van der Waals surface area contributed by atoms with Crippen LogP contribution in [-0.2, 0) is 22.9 Å².